The minimum Gasteiger partial charge on any atom is -0.339 e. The molecule has 0 saturated heterocycles. The molecule has 0 radical (unpaired) electrons. The van der Waals surface area contributed by atoms with E-state index in [0.29, 0.717) is 6.04 Å². The van der Waals surface area contributed by atoms with Crippen LogP contribution in [0.2, 0.25) is 0 Å². The fraction of sp³-hybridized carbons (Fsp3) is 0.333. The topological polar surface area (TPSA) is 4.93 Å². The van der Waals surface area contributed by atoms with E-state index in [1.807, 2.05) is 11.8 Å². The van der Waals surface area contributed by atoms with Crippen molar-refractivity contribution in [3.05, 3.63) is 30.5 Å². The van der Waals surface area contributed by atoms with Gasteiger partial charge in [-0.15, -0.1) is 11.8 Å². The van der Waals surface area contributed by atoms with Crippen LogP contribution in [0.1, 0.15) is 19.9 Å². The van der Waals surface area contributed by atoms with Crippen LogP contribution in [-0.2, 0) is 0 Å². The van der Waals surface area contributed by atoms with Crippen molar-refractivity contribution in [2.45, 2.75) is 24.9 Å². The van der Waals surface area contributed by atoms with E-state index in [-0.39, 0.29) is 0 Å². The number of benzene rings is 1. The molecule has 1 aromatic heterocycles. The molecule has 0 aliphatic carbocycles. The molecule has 1 aromatic carbocycles. The largest absolute Gasteiger partial charge is 0.339 e. The first-order chi connectivity index (χ1) is 6.74. The lowest BCUT2D eigenvalue weighted by atomic mass is 10.2. The van der Waals surface area contributed by atoms with E-state index in [1.54, 1.807) is 0 Å². The molecule has 0 aliphatic heterocycles. The van der Waals surface area contributed by atoms with Gasteiger partial charge in [-0.05, 0) is 20.1 Å². The maximum atomic E-state index is 2.34. The highest BCUT2D eigenvalue weighted by molar-refractivity contribution is 7.98. The van der Waals surface area contributed by atoms with Crippen LogP contribution in [-0.4, -0.2) is 10.8 Å². The molecule has 0 fully saturated rings. The third kappa shape index (κ3) is 1.44. The molecule has 0 spiro atoms. The molecule has 1 nitrogen and oxygen atoms in total. The van der Waals surface area contributed by atoms with Gasteiger partial charge >= 0.3 is 0 Å². The molecule has 74 valence electrons. The van der Waals surface area contributed by atoms with Crippen LogP contribution >= 0.6 is 11.8 Å². The van der Waals surface area contributed by atoms with Gasteiger partial charge < -0.3 is 4.57 Å². The number of rotatable bonds is 2. The Morgan fingerprint density at radius 1 is 1.21 bits per heavy atom. The van der Waals surface area contributed by atoms with Crippen molar-refractivity contribution in [1.29, 1.82) is 0 Å². The second-order valence-corrected chi connectivity index (χ2v) is 4.52. The Morgan fingerprint density at radius 2 is 1.93 bits per heavy atom. The number of hydrogen-bond acceptors (Lipinski definition) is 1. The van der Waals surface area contributed by atoms with E-state index in [4.69, 9.17) is 0 Å². The van der Waals surface area contributed by atoms with Crippen molar-refractivity contribution in [3.63, 3.8) is 0 Å². The predicted octanol–water partition coefficient (Wildman–Crippen LogP) is 3.94. The minimum absolute atomic E-state index is 0.532. The first-order valence-corrected chi connectivity index (χ1v) is 6.10. The zero-order valence-electron chi connectivity index (χ0n) is 8.82. The summed E-state index contributed by atoms with van der Waals surface area (Å²) in [7, 11) is 0. The maximum Gasteiger partial charge on any atom is 0.0827 e. The van der Waals surface area contributed by atoms with Crippen molar-refractivity contribution in [2.75, 3.05) is 6.26 Å². The van der Waals surface area contributed by atoms with Crippen LogP contribution in [0.25, 0.3) is 10.8 Å². The van der Waals surface area contributed by atoms with E-state index >= 15 is 0 Å². The third-order valence-electron chi connectivity index (χ3n) is 2.45. The SMILES string of the molecule is CSc1c2ccccc2cn1C(C)C. The summed E-state index contributed by atoms with van der Waals surface area (Å²) < 4.78 is 2.34. The first-order valence-electron chi connectivity index (χ1n) is 4.87. The summed E-state index contributed by atoms with van der Waals surface area (Å²) in [5.41, 5.74) is 0. The lowest BCUT2D eigenvalue weighted by molar-refractivity contribution is 0.565. The van der Waals surface area contributed by atoms with Crippen LogP contribution in [0.15, 0.2) is 35.5 Å². The van der Waals surface area contributed by atoms with Gasteiger partial charge in [-0.25, -0.2) is 0 Å². The molecule has 0 unspecified atom stereocenters. The number of thioether (sulfide) groups is 1. The van der Waals surface area contributed by atoms with Crippen LogP contribution in [0.4, 0.5) is 0 Å². The molecule has 0 aliphatic rings. The quantitative estimate of drug-likeness (QED) is 0.672. The van der Waals surface area contributed by atoms with Gasteiger partial charge in [0.2, 0.25) is 0 Å². The van der Waals surface area contributed by atoms with Gasteiger partial charge in [-0.2, -0.15) is 0 Å². The standard InChI is InChI=1S/C12H15NS/c1-9(2)13-8-10-6-4-5-7-11(10)12(13)14-3/h4-9H,1-3H3. The maximum absolute atomic E-state index is 2.34. The molecule has 14 heavy (non-hydrogen) atoms. The minimum atomic E-state index is 0.532. The van der Waals surface area contributed by atoms with Gasteiger partial charge in [0, 0.05) is 23.0 Å². The zero-order chi connectivity index (χ0) is 10.1. The Kier molecular flexibility index (Phi) is 2.55. The van der Waals surface area contributed by atoms with Crippen molar-refractivity contribution in [3.8, 4) is 0 Å². The fourth-order valence-corrected chi connectivity index (χ4v) is 2.63. The van der Waals surface area contributed by atoms with Gasteiger partial charge in [-0.1, -0.05) is 24.3 Å². The van der Waals surface area contributed by atoms with Crippen molar-refractivity contribution < 1.29 is 0 Å². The Morgan fingerprint density at radius 3 is 2.57 bits per heavy atom. The van der Waals surface area contributed by atoms with Gasteiger partial charge in [0.25, 0.3) is 0 Å². The van der Waals surface area contributed by atoms with Gasteiger partial charge in [0.1, 0.15) is 0 Å². The van der Waals surface area contributed by atoms with Crippen molar-refractivity contribution in [1.82, 2.24) is 4.57 Å². The molecule has 2 rings (SSSR count). The summed E-state index contributed by atoms with van der Waals surface area (Å²) in [6, 6.07) is 9.10. The highest BCUT2D eigenvalue weighted by Crippen LogP contribution is 2.30. The average Bonchev–Trinajstić information content (AvgIpc) is 2.56. The fourth-order valence-electron chi connectivity index (χ4n) is 1.75. The van der Waals surface area contributed by atoms with E-state index in [2.05, 4.69) is 55.1 Å². The number of aromatic nitrogens is 1. The van der Waals surface area contributed by atoms with Crippen LogP contribution < -0.4 is 0 Å². The van der Waals surface area contributed by atoms with E-state index < -0.39 is 0 Å². The molecule has 0 saturated carbocycles. The predicted molar refractivity (Wildman–Crippen MR) is 64.1 cm³/mol. The first kappa shape index (κ1) is 9.66. The molecule has 0 N–H and O–H groups in total. The summed E-state index contributed by atoms with van der Waals surface area (Å²) in [5, 5.41) is 4.08. The van der Waals surface area contributed by atoms with E-state index in [9.17, 15) is 0 Å². The monoisotopic (exact) mass is 205 g/mol. The Balaban J connectivity index is 2.72. The smallest absolute Gasteiger partial charge is 0.0827 e. The summed E-state index contributed by atoms with van der Waals surface area (Å²) in [6.07, 6.45) is 4.38. The molecule has 0 amide bonds. The zero-order valence-corrected chi connectivity index (χ0v) is 9.64. The molecular formula is C12H15NS. The second kappa shape index (κ2) is 3.70. The molecule has 0 atom stereocenters. The molecule has 2 aromatic rings. The molecule has 0 bridgehead atoms. The Hall–Kier alpha value is -0.890. The van der Waals surface area contributed by atoms with E-state index in [1.165, 1.54) is 15.8 Å². The second-order valence-electron chi connectivity index (χ2n) is 3.73. The van der Waals surface area contributed by atoms with Crippen LogP contribution in [0, 0.1) is 0 Å². The molecule has 1 heterocycles. The highest BCUT2D eigenvalue weighted by atomic mass is 32.2. The van der Waals surface area contributed by atoms with Crippen molar-refractivity contribution in [2.24, 2.45) is 0 Å². The van der Waals surface area contributed by atoms with Gasteiger partial charge in [0.15, 0.2) is 0 Å². The average molecular weight is 205 g/mol. The number of fused-ring (bicyclic) bond motifs is 1. The summed E-state index contributed by atoms with van der Waals surface area (Å²) in [4.78, 5) is 0. The highest BCUT2D eigenvalue weighted by Gasteiger charge is 2.09. The van der Waals surface area contributed by atoms with Crippen molar-refractivity contribution >= 4 is 22.5 Å². The van der Waals surface area contributed by atoms with Crippen LogP contribution in [0.5, 0.6) is 0 Å². The number of nitrogens with zero attached hydrogens (tertiary/aromatic N) is 1. The Labute approximate surface area is 89.1 Å². The molecule has 2 heteroatoms. The van der Waals surface area contributed by atoms with Gasteiger partial charge in [-0.3, -0.25) is 0 Å². The van der Waals surface area contributed by atoms with Gasteiger partial charge in [0.05, 0.1) is 5.03 Å². The Bertz CT molecular complexity index is 443. The van der Waals surface area contributed by atoms with Crippen LogP contribution in [0.3, 0.4) is 0 Å². The summed E-state index contributed by atoms with van der Waals surface area (Å²) >= 11 is 1.82. The molecular weight excluding hydrogens is 190 g/mol. The summed E-state index contributed by atoms with van der Waals surface area (Å²) in [5.74, 6) is 0. The normalized spacial score (nSPS) is 11.4. The summed E-state index contributed by atoms with van der Waals surface area (Å²) in [6.45, 7) is 4.44. The van der Waals surface area contributed by atoms with E-state index in [0.717, 1.165) is 0 Å². The third-order valence-corrected chi connectivity index (χ3v) is 3.27. The lowest BCUT2D eigenvalue weighted by Crippen LogP contribution is -1.99. The number of hydrogen-bond donors (Lipinski definition) is 0. The lowest BCUT2D eigenvalue weighted by Gasteiger charge is -2.10.